The molecule has 0 fully saturated rings. The first-order chi connectivity index (χ1) is 1.41. The van der Waals surface area contributed by atoms with E-state index in [4.69, 9.17) is 0 Å². The van der Waals surface area contributed by atoms with Gasteiger partial charge in [-0.05, 0) is 0 Å². The van der Waals surface area contributed by atoms with Crippen LogP contribution >= 0.6 is 0 Å². The number of hydrogen-bond donors (Lipinski definition) is 0. The average Bonchev–Trinajstić information content (AvgIpc) is 0.918. The summed E-state index contributed by atoms with van der Waals surface area (Å²) < 4.78 is 0. The molecule has 0 aliphatic heterocycles. The van der Waals surface area contributed by atoms with Gasteiger partial charge < -0.3 is 0 Å². The van der Waals surface area contributed by atoms with E-state index in [1.165, 1.54) is 0 Å². The fourth-order valence-corrected chi connectivity index (χ4v) is 0. The van der Waals surface area contributed by atoms with Crippen LogP contribution in [0.3, 0.4) is 0 Å². The minimum Gasteiger partial charge on any atom is 0 e. The maximum atomic E-state index is 4.12. The second kappa shape index (κ2) is 9.00. The van der Waals surface area contributed by atoms with Gasteiger partial charge in [0.1, 0.15) is 0 Å². The second-order valence-electron chi connectivity index (χ2n) is 0.0680. The molecule has 4 heteroatoms. The molecule has 0 amide bonds. The Labute approximate surface area is 80.6 Å². The van der Waals surface area contributed by atoms with Crippen LogP contribution in [-0.2, 0) is 31.3 Å². The molecule has 0 N–H and O–H groups in total. The Bertz CT molecular complexity index is 24.3. The van der Waals surface area contributed by atoms with Crippen LogP contribution in [0.4, 0.5) is 0 Å². The smallest absolute Gasteiger partial charge is 0 e. The normalized spacial score (nSPS) is 3.00. The van der Waals surface area contributed by atoms with Gasteiger partial charge in [0.2, 0.25) is 0 Å². The van der Waals surface area contributed by atoms with Crippen molar-refractivity contribution in [3.05, 3.63) is 0 Å². The Morgan fingerprint density at radius 3 is 1.25 bits per heavy atom. The third-order valence-corrected chi connectivity index (χ3v) is 0. The van der Waals surface area contributed by atoms with Gasteiger partial charge in [0, 0.05) is 31.3 Å². The third-order valence-electron chi connectivity index (χ3n) is 0. The topological polar surface area (TPSA) is 0 Å². The quantitative estimate of drug-likeness (QED) is 0.325. The van der Waals surface area contributed by atoms with Crippen molar-refractivity contribution < 1.29 is 51.4 Å². The zero-order valence-electron chi connectivity index (χ0n) is 2.22. The molecule has 18 valence electrons. The Kier molecular flexibility index (Phi) is 21.5. The van der Waals surface area contributed by atoms with Gasteiger partial charge >= 0.3 is 51.4 Å². The van der Waals surface area contributed by atoms with E-state index in [9.17, 15) is 0 Å². The predicted molar refractivity (Wildman–Crippen MR) is 22.1 cm³/mol. The van der Waals surface area contributed by atoms with Crippen molar-refractivity contribution in [2.45, 2.75) is 0 Å². The SMILES string of the molecule is S=S=S.[K+]. The van der Waals surface area contributed by atoms with E-state index in [0.29, 0.717) is 0 Å². The Morgan fingerprint density at radius 1 is 1.25 bits per heavy atom. The molecule has 0 radical (unpaired) electrons. The maximum Gasteiger partial charge on any atom is 1.00 e. The van der Waals surface area contributed by atoms with Crippen molar-refractivity contribution in [2.24, 2.45) is 0 Å². The summed E-state index contributed by atoms with van der Waals surface area (Å²) in [6.45, 7) is 0. The van der Waals surface area contributed by atoms with Gasteiger partial charge in [0.25, 0.3) is 0 Å². The van der Waals surface area contributed by atoms with Gasteiger partial charge in [-0.25, -0.2) is 0 Å². The van der Waals surface area contributed by atoms with Crippen LogP contribution in [0, 0.1) is 0 Å². The van der Waals surface area contributed by atoms with E-state index < -0.39 is 0 Å². The molecule has 0 aromatic rings. The standard InChI is InChI=1S/K.S3/c;1-3-2/q+1;. The summed E-state index contributed by atoms with van der Waals surface area (Å²) in [6.07, 6.45) is 0. The van der Waals surface area contributed by atoms with Crippen LogP contribution in [0.5, 0.6) is 0 Å². The van der Waals surface area contributed by atoms with Gasteiger partial charge in [-0.15, -0.1) is 0 Å². The van der Waals surface area contributed by atoms with Gasteiger partial charge in [-0.3, -0.25) is 0 Å². The summed E-state index contributed by atoms with van der Waals surface area (Å²) in [5, 5.41) is 0. The summed E-state index contributed by atoms with van der Waals surface area (Å²) in [5.74, 6) is 0. The molecule has 0 rings (SSSR count). The molecule has 0 aromatic heterocycles. The Hall–Kier alpha value is 2.30. The predicted octanol–water partition coefficient (Wildman–Crippen LogP) is -3.00. The molecule has 4 heavy (non-hydrogen) atoms. The zero-order chi connectivity index (χ0) is 2.71. The van der Waals surface area contributed by atoms with Gasteiger partial charge in [0.05, 0.1) is 0 Å². The van der Waals surface area contributed by atoms with Crippen LogP contribution in [0.25, 0.3) is 0 Å². The van der Waals surface area contributed by atoms with Crippen molar-refractivity contribution in [3.63, 3.8) is 0 Å². The third kappa shape index (κ3) is 8.85. The van der Waals surface area contributed by atoms with Gasteiger partial charge in [0.15, 0.2) is 0 Å². The van der Waals surface area contributed by atoms with E-state index in [-0.39, 0.29) is 51.4 Å². The monoisotopic (exact) mass is 135 g/mol. The van der Waals surface area contributed by atoms with Crippen LogP contribution in [0.1, 0.15) is 0 Å². The summed E-state index contributed by atoms with van der Waals surface area (Å²) in [7, 11) is 0.917. The van der Waals surface area contributed by atoms with E-state index in [2.05, 4.69) is 22.4 Å². The first-order valence-corrected chi connectivity index (χ1v) is 3.00. The second-order valence-corrected chi connectivity index (χ2v) is 1.84. The Balaban J connectivity index is 0. The molecule has 0 unspecified atom stereocenters. The van der Waals surface area contributed by atoms with Crippen LogP contribution in [-0.4, -0.2) is 0 Å². The molecule has 0 saturated carbocycles. The molecule has 0 atom stereocenters. The van der Waals surface area contributed by atoms with E-state index in [1.54, 1.807) is 0 Å². The van der Waals surface area contributed by atoms with Crippen LogP contribution in [0.15, 0.2) is 0 Å². The Morgan fingerprint density at radius 2 is 1.25 bits per heavy atom. The van der Waals surface area contributed by atoms with Crippen molar-refractivity contribution in [2.75, 3.05) is 0 Å². The molecule has 0 saturated heterocycles. The molecule has 0 aromatic carbocycles. The van der Waals surface area contributed by atoms with E-state index >= 15 is 0 Å². The van der Waals surface area contributed by atoms with Crippen molar-refractivity contribution >= 4 is 31.3 Å². The van der Waals surface area contributed by atoms with Crippen molar-refractivity contribution in [1.82, 2.24) is 0 Å². The molecular weight excluding hydrogens is 135 g/mol. The van der Waals surface area contributed by atoms with Crippen LogP contribution in [0.2, 0.25) is 0 Å². The molecule has 0 bridgehead atoms. The van der Waals surface area contributed by atoms with Gasteiger partial charge in [-0.1, -0.05) is 0 Å². The summed E-state index contributed by atoms with van der Waals surface area (Å²) in [4.78, 5) is 0. The molecule has 0 aliphatic rings. The molecular formula is KS3+. The van der Waals surface area contributed by atoms with E-state index in [1.807, 2.05) is 0 Å². The first kappa shape index (κ1) is 9.57. The maximum absolute atomic E-state index is 4.12. The van der Waals surface area contributed by atoms with Gasteiger partial charge in [-0.2, -0.15) is 0 Å². The molecule has 0 spiro atoms. The molecule has 0 nitrogen and oxygen atoms in total. The van der Waals surface area contributed by atoms with Crippen LogP contribution < -0.4 is 51.4 Å². The summed E-state index contributed by atoms with van der Waals surface area (Å²) in [5.41, 5.74) is 0. The zero-order valence-corrected chi connectivity index (χ0v) is 7.80. The van der Waals surface area contributed by atoms with Crippen molar-refractivity contribution in [3.8, 4) is 0 Å². The fourth-order valence-electron chi connectivity index (χ4n) is 0. The first-order valence-electron chi connectivity index (χ1n) is 0.333. The summed E-state index contributed by atoms with van der Waals surface area (Å²) in [6, 6.07) is 0. The molecule has 0 aliphatic carbocycles. The minimum absolute atomic E-state index is 0. The van der Waals surface area contributed by atoms with Crippen molar-refractivity contribution in [1.29, 1.82) is 0 Å². The van der Waals surface area contributed by atoms with E-state index in [0.717, 1.165) is 8.88 Å². The molecule has 0 heterocycles. The average molecular weight is 135 g/mol. The summed E-state index contributed by atoms with van der Waals surface area (Å²) >= 11 is 8.25. The largest absolute Gasteiger partial charge is 1.00 e. The number of rotatable bonds is 0. The number of hydrogen-bond acceptors (Lipinski definition) is 2. The fraction of sp³-hybridized carbons (Fsp3) is 0. The minimum atomic E-state index is 0.